The molecular weight excluding hydrogens is 146 g/mol. The van der Waals surface area contributed by atoms with E-state index in [2.05, 4.69) is 18.2 Å². The van der Waals surface area contributed by atoms with Gasteiger partial charge in [0.05, 0.1) is 0 Å². The zero-order valence-corrected chi connectivity index (χ0v) is 9.22. The molecular formula is C11H23N. The van der Waals surface area contributed by atoms with Crippen LogP contribution in [0.15, 0.2) is 29.9 Å². The van der Waals surface area contributed by atoms with E-state index in [9.17, 15) is 0 Å². The molecule has 12 heavy (non-hydrogen) atoms. The van der Waals surface area contributed by atoms with E-state index >= 15 is 0 Å². The highest BCUT2D eigenvalue weighted by Crippen LogP contribution is 1.94. The molecule has 0 amide bonds. The van der Waals surface area contributed by atoms with E-state index in [-0.39, 0.29) is 0 Å². The summed E-state index contributed by atoms with van der Waals surface area (Å²) in [4.78, 5) is 3.92. The fourth-order valence-electron chi connectivity index (χ4n) is 0.249. The lowest BCUT2D eigenvalue weighted by molar-refractivity contribution is 1.08. The lowest BCUT2D eigenvalue weighted by atomic mass is 10.4. The predicted octanol–water partition coefficient (Wildman–Crippen LogP) is 4.22. The second-order valence-electron chi connectivity index (χ2n) is 1.43. The zero-order chi connectivity index (χ0) is 10.4. The van der Waals surface area contributed by atoms with E-state index in [4.69, 9.17) is 0 Å². The van der Waals surface area contributed by atoms with Gasteiger partial charge in [0.1, 0.15) is 0 Å². The number of nitrogens with zero attached hydrogens (tertiary/aromatic N) is 1. The maximum absolute atomic E-state index is 3.92. The van der Waals surface area contributed by atoms with Crippen molar-refractivity contribution >= 4 is 6.21 Å². The fourth-order valence-corrected chi connectivity index (χ4v) is 0.249. The summed E-state index contributed by atoms with van der Waals surface area (Å²) in [6, 6.07) is 0. The molecule has 1 heteroatoms. The third kappa shape index (κ3) is 22.9. The normalized spacial score (nSPS) is 7.42. The first kappa shape index (κ1) is 17.3. The van der Waals surface area contributed by atoms with Gasteiger partial charge in [0.15, 0.2) is 0 Å². The van der Waals surface area contributed by atoms with Gasteiger partial charge in [-0.1, -0.05) is 53.9 Å². The second-order valence-corrected chi connectivity index (χ2v) is 1.43. The average Bonchev–Trinajstić information content (AvgIpc) is 2.20. The summed E-state index contributed by atoms with van der Waals surface area (Å²) >= 11 is 0. The third-order valence-electron chi connectivity index (χ3n) is 0.771. The Morgan fingerprint density at radius 3 is 1.92 bits per heavy atom. The maximum Gasteiger partial charge on any atom is 0.0329 e. The summed E-state index contributed by atoms with van der Waals surface area (Å²) in [6.45, 7) is 17.2. The SMILES string of the molecule is C=CC=NC(=C)CC.CC.CC. The van der Waals surface area contributed by atoms with Gasteiger partial charge < -0.3 is 0 Å². The molecule has 0 saturated carbocycles. The van der Waals surface area contributed by atoms with Crippen molar-refractivity contribution in [3.63, 3.8) is 0 Å². The highest BCUT2D eigenvalue weighted by molar-refractivity contribution is 5.71. The molecule has 0 radical (unpaired) electrons. The molecule has 0 aromatic heterocycles. The van der Waals surface area contributed by atoms with Crippen LogP contribution in [0.3, 0.4) is 0 Å². The van der Waals surface area contributed by atoms with E-state index < -0.39 is 0 Å². The lowest BCUT2D eigenvalue weighted by Gasteiger charge is -1.86. The second kappa shape index (κ2) is 22.5. The zero-order valence-electron chi connectivity index (χ0n) is 9.22. The quantitative estimate of drug-likeness (QED) is 0.561. The largest absolute Gasteiger partial charge is 0.262 e. The van der Waals surface area contributed by atoms with Crippen molar-refractivity contribution in [1.82, 2.24) is 0 Å². The van der Waals surface area contributed by atoms with Crippen LogP contribution >= 0.6 is 0 Å². The van der Waals surface area contributed by atoms with Crippen LogP contribution in [0.25, 0.3) is 0 Å². The van der Waals surface area contributed by atoms with Gasteiger partial charge >= 0.3 is 0 Å². The molecule has 1 nitrogen and oxygen atoms in total. The van der Waals surface area contributed by atoms with Crippen LogP contribution in [-0.2, 0) is 0 Å². The van der Waals surface area contributed by atoms with Crippen molar-refractivity contribution in [2.24, 2.45) is 4.99 Å². The van der Waals surface area contributed by atoms with Crippen LogP contribution in [0, 0.1) is 0 Å². The van der Waals surface area contributed by atoms with Crippen molar-refractivity contribution in [2.75, 3.05) is 0 Å². The molecule has 0 heterocycles. The van der Waals surface area contributed by atoms with Gasteiger partial charge in [0.2, 0.25) is 0 Å². The van der Waals surface area contributed by atoms with Crippen molar-refractivity contribution < 1.29 is 0 Å². The lowest BCUT2D eigenvalue weighted by Crippen LogP contribution is -1.69. The Balaban J connectivity index is -0.000000175. The van der Waals surface area contributed by atoms with Crippen LogP contribution in [0.4, 0.5) is 0 Å². The first-order valence-electron chi connectivity index (χ1n) is 4.64. The molecule has 0 spiro atoms. The predicted molar refractivity (Wildman–Crippen MR) is 60.8 cm³/mol. The van der Waals surface area contributed by atoms with E-state index in [1.165, 1.54) is 0 Å². The Bertz CT molecular complexity index is 112. The van der Waals surface area contributed by atoms with Crippen molar-refractivity contribution in [3.8, 4) is 0 Å². The van der Waals surface area contributed by atoms with E-state index in [0.717, 1.165) is 12.1 Å². The third-order valence-corrected chi connectivity index (χ3v) is 0.771. The molecule has 0 unspecified atom stereocenters. The minimum absolute atomic E-state index is 0.893. The molecule has 0 bridgehead atoms. The number of hydrogen-bond acceptors (Lipinski definition) is 1. The summed E-state index contributed by atoms with van der Waals surface area (Å²) in [6.07, 6.45) is 4.19. The van der Waals surface area contributed by atoms with Gasteiger partial charge in [-0.25, -0.2) is 0 Å². The highest BCUT2D eigenvalue weighted by atomic mass is 14.7. The van der Waals surface area contributed by atoms with Crippen LogP contribution in [0.5, 0.6) is 0 Å². The van der Waals surface area contributed by atoms with Gasteiger partial charge in [-0.2, -0.15) is 0 Å². The van der Waals surface area contributed by atoms with E-state index in [0.29, 0.717) is 0 Å². The van der Waals surface area contributed by atoms with Gasteiger partial charge in [0.25, 0.3) is 0 Å². The minimum Gasteiger partial charge on any atom is -0.262 e. The average molecular weight is 169 g/mol. The molecule has 72 valence electrons. The molecule has 0 aliphatic heterocycles. The first-order chi connectivity index (χ1) is 5.81. The monoisotopic (exact) mass is 169 g/mol. The molecule has 0 aliphatic rings. The van der Waals surface area contributed by atoms with E-state index in [1.807, 2.05) is 34.6 Å². The van der Waals surface area contributed by atoms with Crippen LogP contribution in [0.1, 0.15) is 41.0 Å². The standard InChI is InChI=1S/C7H11N.2C2H6/c1-4-6-8-7(3)5-2;2*1-2/h4,6H,1,3,5H2,2H3;2*1-2H3. The highest BCUT2D eigenvalue weighted by Gasteiger charge is 1.76. The summed E-state index contributed by atoms with van der Waals surface area (Å²) in [5, 5.41) is 0. The number of allylic oxidation sites excluding steroid dienone is 2. The first-order valence-corrected chi connectivity index (χ1v) is 4.64. The number of aliphatic imine (C=N–C) groups is 1. The van der Waals surface area contributed by atoms with Gasteiger partial charge in [0, 0.05) is 11.9 Å². The Labute approximate surface area is 77.9 Å². The van der Waals surface area contributed by atoms with Crippen LogP contribution in [0.2, 0.25) is 0 Å². The van der Waals surface area contributed by atoms with Gasteiger partial charge in [-0.3, -0.25) is 4.99 Å². The summed E-state index contributed by atoms with van der Waals surface area (Å²) < 4.78 is 0. The van der Waals surface area contributed by atoms with Crippen LogP contribution in [-0.4, -0.2) is 6.21 Å². The maximum atomic E-state index is 3.92. The van der Waals surface area contributed by atoms with Gasteiger partial charge in [-0.05, 0) is 6.42 Å². The smallest absolute Gasteiger partial charge is 0.0329 e. The number of hydrogen-bond donors (Lipinski definition) is 0. The van der Waals surface area contributed by atoms with E-state index in [1.54, 1.807) is 12.3 Å². The summed E-state index contributed by atoms with van der Waals surface area (Å²) in [5.41, 5.74) is 0.893. The topological polar surface area (TPSA) is 12.4 Å². The molecule has 0 saturated heterocycles. The molecule has 0 aliphatic carbocycles. The van der Waals surface area contributed by atoms with Crippen molar-refractivity contribution in [2.45, 2.75) is 41.0 Å². The molecule has 0 atom stereocenters. The number of rotatable bonds is 3. The minimum atomic E-state index is 0.893. The fraction of sp³-hybridized carbons (Fsp3) is 0.545. The molecule has 0 aromatic carbocycles. The van der Waals surface area contributed by atoms with Crippen molar-refractivity contribution in [3.05, 3.63) is 24.9 Å². The molecule has 0 rings (SSSR count). The molecule has 0 fully saturated rings. The Kier molecular flexibility index (Phi) is 32.4. The summed E-state index contributed by atoms with van der Waals surface area (Å²) in [5.74, 6) is 0. The Hall–Kier alpha value is -0.850. The summed E-state index contributed by atoms with van der Waals surface area (Å²) in [7, 11) is 0. The van der Waals surface area contributed by atoms with Crippen molar-refractivity contribution in [1.29, 1.82) is 0 Å². The Morgan fingerprint density at radius 2 is 1.67 bits per heavy atom. The molecule has 0 N–H and O–H groups in total. The van der Waals surface area contributed by atoms with Gasteiger partial charge in [-0.15, -0.1) is 0 Å². The molecule has 0 aromatic rings. The Morgan fingerprint density at radius 1 is 1.25 bits per heavy atom. The van der Waals surface area contributed by atoms with Crippen LogP contribution < -0.4 is 0 Å².